The lowest BCUT2D eigenvalue weighted by Crippen LogP contribution is -2.39. The molecule has 1 atom stereocenters. The quantitative estimate of drug-likeness (QED) is 0.831. The maximum Gasteiger partial charge on any atom is 0.317 e. The van der Waals surface area contributed by atoms with Crippen molar-refractivity contribution in [3.05, 3.63) is 60.4 Å². The highest BCUT2D eigenvalue weighted by Gasteiger charge is 2.27. The number of benzene rings is 1. The monoisotopic (exact) mass is 325 g/mol. The Balaban J connectivity index is 1.35. The van der Waals surface area contributed by atoms with Crippen LogP contribution >= 0.6 is 0 Å². The summed E-state index contributed by atoms with van der Waals surface area (Å²) >= 11 is 0. The Hall–Kier alpha value is -2.56. The summed E-state index contributed by atoms with van der Waals surface area (Å²) in [6, 6.07) is 15.7. The van der Waals surface area contributed by atoms with Crippen molar-refractivity contribution in [2.45, 2.75) is 25.4 Å². The SMILES string of the molecule is O=C(NCCCc1ccccn1)N1CC[C@H](Oc2ccccc2)C1. The van der Waals surface area contributed by atoms with Gasteiger partial charge in [-0.2, -0.15) is 0 Å². The van der Waals surface area contributed by atoms with Gasteiger partial charge < -0.3 is 15.0 Å². The summed E-state index contributed by atoms with van der Waals surface area (Å²) < 4.78 is 5.91. The van der Waals surface area contributed by atoms with E-state index in [1.54, 1.807) is 6.20 Å². The van der Waals surface area contributed by atoms with Crippen molar-refractivity contribution in [1.82, 2.24) is 15.2 Å². The summed E-state index contributed by atoms with van der Waals surface area (Å²) in [6.07, 6.45) is 4.51. The Bertz CT molecular complexity index is 634. The minimum Gasteiger partial charge on any atom is -0.489 e. The van der Waals surface area contributed by atoms with Gasteiger partial charge >= 0.3 is 6.03 Å². The number of carbonyl (C=O) groups is 1. The van der Waals surface area contributed by atoms with Crippen LogP contribution in [0.2, 0.25) is 0 Å². The summed E-state index contributed by atoms with van der Waals surface area (Å²) in [5, 5.41) is 2.98. The van der Waals surface area contributed by atoms with Crippen LogP contribution in [0.15, 0.2) is 54.7 Å². The molecular weight excluding hydrogens is 302 g/mol. The number of hydrogen-bond donors (Lipinski definition) is 1. The Morgan fingerprint density at radius 2 is 2.04 bits per heavy atom. The van der Waals surface area contributed by atoms with E-state index in [2.05, 4.69) is 10.3 Å². The highest BCUT2D eigenvalue weighted by molar-refractivity contribution is 5.74. The average molecular weight is 325 g/mol. The third-order valence-corrected chi connectivity index (χ3v) is 4.09. The molecule has 0 bridgehead atoms. The first-order valence-electron chi connectivity index (χ1n) is 8.45. The first-order valence-corrected chi connectivity index (χ1v) is 8.45. The zero-order valence-electron chi connectivity index (χ0n) is 13.7. The van der Waals surface area contributed by atoms with E-state index < -0.39 is 0 Å². The second-order valence-electron chi connectivity index (χ2n) is 5.94. The second kappa shape index (κ2) is 8.34. The summed E-state index contributed by atoms with van der Waals surface area (Å²) in [4.78, 5) is 18.3. The van der Waals surface area contributed by atoms with E-state index in [0.29, 0.717) is 13.1 Å². The van der Waals surface area contributed by atoms with Gasteiger partial charge in [0.2, 0.25) is 0 Å². The number of nitrogens with zero attached hydrogens (tertiary/aromatic N) is 2. The van der Waals surface area contributed by atoms with E-state index in [1.807, 2.05) is 53.4 Å². The fraction of sp³-hybridized carbons (Fsp3) is 0.368. The number of nitrogens with one attached hydrogen (secondary N) is 1. The average Bonchev–Trinajstić information content (AvgIpc) is 3.09. The molecule has 2 amide bonds. The van der Waals surface area contributed by atoms with Crippen LogP contribution in [0, 0.1) is 0 Å². The molecule has 5 heteroatoms. The van der Waals surface area contributed by atoms with Crippen LogP contribution in [0.4, 0.5) is 4.79 Å². The number of carbonyl (C=O) groups excluding carboxylic acids is 1. The van der Waals surface area contributed by atoms with E-state index in [-0.39, 0.29) is 12.1 Å². The normalized spacial score (nSPS) is 16.8. The predicted octanol–water partition coefficient (Wildman–Crippen LogP) is 2.88. The second-order valence-corrected chi connectivity index (χ2v) is 5.94. The van der Waals surface area contributed by atoms with Gasteiger partial charge in [0.25, 0.3) is 0 Å². The van der Waals surface area contributed by atoms with Crippen molar-refractivity contribution >= 4 is 6.03 Å². The number of likely N-dealkylation sites (tertiary alicyclic amines) is 1. The number of rotatable bonds is 6. The number of amides is 2. The van der Waals surface area contributed by atoms with Gasteiger partial charge in [-0.15, -0.1) is 0 Å². The maximum atomic E-state index is 12.2. The van der Waals surface area contributed by atoms with Gasteiger partial charge in [-0.05, 0) is 37.1 Å². The minimum atomic E-state index is -0.00446. The van der Waals surface area contributed by atoms with Crippen LogP contribution < -0.4 is 10.1 Å². The highest BCUT2D eigenvalue weighted by Crippen LogP contribution is 2.17. The number of ether oxygens (including phenoxy) is 1. The zero-order chi connectivity index (χ0) is 16.6. The molecule has 0 saturated carbocycles. The Morgan fingerprint density at radius 1 is 1.21 bits per heavy atom. The molecular formula is C19H23N3O2. The van der Waals surface area contributed by atoms with Crippen LogP contribution in [0.5, 0.6) is 5.75 Å². The summed E-state index contributed by atoms with van der Waals surface area (Å²) in [5.74, 6) is 0.861. The van der Waals surface area contributed by atoms with Gasteiger partial charge in [0.15, 0.2) is 0 Å². The Labute approximate surface area is 142 Å². The van der Waals surface area contributed by atoms with Gasteiger partial charge in [0.1, 0.15) is 11.9 Å². The standard InChI is InChI=1S/C19H23N3O2/c23-19(21-13-6-8-16-7-4-5-12-20-16)22-14-11-18(15-22)24-17-9-2-1-3-10-17/h1-5,7,9-10,12,18H,6,8,11,13-15H2,(H,21,23)/t18-/m0/s1. The van der Waals surface area contributed by atoms with Crippen molar-refractivity contribution < 1.29 is 9.53 Å². The Kier molecular flexibility index (Phi) is 5.66. The van der Waals surface area contributed by atoms with Crippen molar-refractivity contribution in [1.29, 1.82) is 0 Å². The molecule has 1 fully saturated rings. The van der Waals surface area contributed by atoms with Gasteiger partial charge in [-0.25, -0.2) is 4.79 Å². The van der Waals surface area contributed by atoms with E-state index >= 15 is 0 Å². The van der Waals surface area contributed by atoms with Gasteiger partial charge in [-0.3, -0.25) is 4.98 Å². The fourth-order valence-electron chi connectivity index (χ4n) is 2.82. The molecule has 2 aromatic rings. The number of urea groups is 1. The highest BCUT2D eigenvalue weighted by atomic mass is 16.5. The number of aromatic nitrogens is 1. The fourth-order valence-corrected chi connectivity index (χ4v) is 2.82. The Morgan fingerprint density at radius 3 is 2.83 bits per heavy atom. The third kappa shape index (κ3) is 4.72. The van der Waals surface area contributed by atoms with Crippen molar-refractivity contribution in [3.63, 3.8) is 0 Å². The molecule has 0 unspecified atom stereocenters. The smallest absolute Gasteiger partial charge is 0.317 e. The largest absolute Gasteiger partial charge is 0.489 e. The summed E-state index contributed by atoms with van der Waals surface area (Å²) in [5.41, 5.74) is 1.06. The van der Waals surface area contributed by atoms with E-state index in [4.69, 9.17) is 4.74 Å². The van der Waals surface area contributed by atoms with Crippen LogP contribution in [0.25, 0.3) is 0 Å². The third-order valence-electron chi connectivity index (χ3n) is 4.09. The number of hydrogen-bond acceptors (Lipinski definition) is 3. The molecule has 24 heavy (non-hydrogen) atoms. The van der Waals surface area contributed by atoms with Gasteiger partial charge in [0, 0.05) is 31.4 Å². The first kappa shape index (κ1) is 16.3. The number of pyridine rings is 1. The summed E-state index contributed by atoms with van der Waals surface area (Å²) in [6.45, 7) is 2.04. The van der Waals surface area contributed by atoms with E-state index in [9.17, 15) is 4.79 Å². The van der Waals surface area contributed by atoms with Crippen LogP contribution in [-0.2, 0) is 6.42 Å². The lowest BCUT2D eigenvalue weighted by molar-refractivity contribution is 0.187. The van der Waals surface area contributed by atoms with E-state index in [1.165, 1.54) is 0 Å². The topological polar surface area (TPSA) is 54.5 Å². The molecule has 126 valence electrons. The summed E-state index contributed by atoms with van der Waals surface area (Å²) in [7, 11) is 0. The lowest BCUT2D eigenvalue weighted by atomic mass is 10.2. The lowest BCUT2D eigenvalue weighted by Gasteiger charge is -2.18. The molecule has 1 aliphatic heterocycles. The molecule has 5 nitrogen and oxygen atoms in total. The number of aryl methyl sites for hydroxylation is 1. The van der Waals surface area contributed by atoms with Crippen molar-refractivity contribution in [2.75, 3.05) is 19.6 Å². The first-order chi connectivity index (χ1) is 11.8. The van der Waals surface area contributed by atoms with E-state index in [0.717, 1.165) is 37.3 Å². The molecule has 0 spiro atoms. The van der Waals surface area contributed by atoms with Crippen molar-refractivity contribution in [2.24, 2.45) is 0 Å². The molecule has 1 saturated heterocycles. The zero-order valence-corrected chi connectivity index (χ0v) is 13.7. The minimum absolute atomic E-state index is 0.00446. The predicted molar refractivity (Wildman–Crippen MR) is 93.0 cm³/mol. The number of para-hydroxylation sites is 1. The molecule has 1 N–H and O–H groups in total. The molecule has 1 aromatic heterocycles. The molecule has 0 radical (unpaired) electrons. The van der Waals surface area contributed by atoms with Gasteiger partial charge in [-0.1, -0.05) is 24.3 Å². The van der Waals surface area contributed by atoms with Crippen LogP contribution in [0.1, 0.15) is 18.5 Å². The van der Waals surface area contributed by atoms with Crippen LogP contribution in [-0.4, -0.2) is 41.7 Å². The molecule has 1 aliphatic rings. The van der Waals surface area contributed by atoms with Gasteiger partial charge in [0.05, 0.1) is 6.54 Å². The van der Waals surface area contributed by atoms with Crippen LogP contribution in [0.3, 0.4) is 0 Å². The maximum absolute atomic E-state index is 12.2. The molecule has 1 aromatic carbocycles. The van der Waals surface area contributed by atoms with Crippen molar-refractivity contribution in [3.8, 4) is 5.75 Å². The molecule has 2 heterocycles. The molecule has 3 rings (SSSR count). The molecule has 0 aliphatic carbocycles.